The summed E-state index contributed by atoms with van der Waals surface area (Å²) in [7, 11) is 0. The Balaban J connectivity index is 0.000000433. The van der Waals surface area contributed by atoms with Crippen LogP contribution in [0.3, 0.4) is 0 Å². The summed E-state index contributed by atoms with van der Waals surface area (Å²) in [5, 5.41) is 26.9. The molecule has 3 N–H and O–H groups in total. The van der Waals surface area contributed by atoms with Crippen LogP contribution in [0.2, 0.25) is 0 Å². The lowest BCUT2D eigenvalue weighted by Gasteiger charge is -2.33. The predicted octanol–water partition coefficient (Wildman–Crippen LogP) is 2.52. The van der Waals surface area contributed by atoms with Gasteiger partial charge in [-0.25, -0.2) is 0 Å². The largest absolute Gasteiger partial charge is 0.465 e. The first-order chi connectivity index (χ1) is 10.5. The molecular weight excluding hydrogens is 296 g/mol. The summed E-state index contributed by atoms with van der Waals surface area (Å²) in [6.45, 7) is 9.82. The van der Waals surface area contributed by atoms with E-state index in [2.05, 4.69) is 0 Å². The number of esters is 1. The van der Waals surface area contributed by atoms with E-state index in [0.29, 0.717) is 6.61 Å². The van der Waals surface area contributed by atoms with Gasteiger partial charge in [0.2, 0.25) is 0 Å². The van der Waals surface area contributed by atoms with Crippen molar-refractivity contribution in [3.8, 4) is 0 Å². The van der Waals surface area contributed by atoms with Crippen LogP contribution in [0.15, 0.2) is 0 Å². The first-order valence-corrected chi connectivity index (χ1v) is 8.52. The molecule has 1 saturated carbocycles. The van der Waals surface area contributed by atoms with Crippen LogP contribution in [0.1, 0.15) is 66.7 Å². The van der Waals surface area contributed by atoms with Gasteiger partial charge in [0.1, 0.15) is 0 Å². The fourth-order valence-corrected chi connectivity index (χ4v) is 2.21. The van der Waals surface area contributed by atoms with Crippen LogP contribution in [0, 0.1) is 16.2 Å². The van der Waals surface area contributed by atoms with Crippen molar-refractivity contribution >= 4 is 5.97 Å². The molecule has 5 nitrogen and oxygen atoms in total. The topological polar surface area (TPSA) is 87.0 Å². The van der Waals surface area contributed by atoms with Gasteiger partial charge in [0.25, 0.3) is 0 Å². The third-order valence-electron chi connectivity index (χ3n) is 4.17. The second-order valence-corrected chi connectivity index (χ2v) is 8.56. The standard InChI is InChI=1S/C10H20O3.C8H16O2/c1-9(2,3)7-13-8(12)10(4,5)6-11;9-6-8(7-10)4-2-1-3-5-8/h11H,6-7H2,1-5H3;9-10H,1-7H2. The molecule has 0 radical (unpaired) electrons. The van der Waals surface area contributed by atoms with E-state index in [-0.39, 0.29) is 36.6 Å². The SMILES string of the molecule is CC(C)(C)COC(=O)C(C)(C)CO.OCC1(CO)CCCCC1. The Hall–Kier alpha value is -0.650. The first-order valence-electron chi connectivity index (χ1n) is 8.52. The minimum absolute atomic E-state index is 0.0266. The van der Waals surface area contributed by atoms with Crippen LogP contribution in [0.5, 0.6) is 0 Å². The summed E-state index contributed by atoms with van der Waals surface area (Å²) in [6, 6.07) is 0. The van der Waals surface area contributed by atoms with Gasteiger partial charge in [0.05, 0.1) is 31.8 Å². The zero-order chi connectivity index (χ0) is 18.1. The third-order valence-corrected chi connectivity index (χ3v) is 4.17. The molecular formula is C18H36O5. The number of carbonyl (C=O) groups is 1. The number of ether oxygens (including phenoxy) is 1. The van der Waals surface area contributed by atoms with Gasteiger partial charge >= 0.3 is 5.97 Å². The molecule has 0 atom stereocenters. The summed E-state index contributed by atoms with van der Waals surface area (Å²) >= 11 is 0. The molecule has 23 heavy (non-hydrogen) atoms. The molecule has 0 unspecified atom stereocenters. The number of rotatable bonds is 5. The fourth-order valence-electron chi connectivity index (χ4n) is 2.21. The van der Waals surface area contributed by atoms with Gasteiger partial charge in [0, 0.05) is 5.41 Å². The summed E-state index contributed by atoms with van der Waals surface area (Å²) in [5.74, 6) is -0.343. The highest BCUT2D eigenvalue weighted by molar-refractivity contribution is 5.76. The molecule has 1 aliphatic carbocycles. The first kappa shape index (κ1) is 22.4. The molecule has 0 spiro atoms. The molecule has 0 aromatic rings. The Morgan fingerprint density at radius 2 is 1.43 bits per heavy atom. The molecule has 0 aliphatic heterocycles. The van der Waals surface area contributed by atoms with Gasteiger partial charge in [-0.2, -0.15) is 0 Å². The quantitative estimate of drug-likeness (QED) is 0.673. The van der Waals surface area contributed by atoms with Crippen LogP contribution >= 0.6 is 0 Å². The highest BCUT2D eigenvalue weighted by atomic mass is 16.5. The number of aliphatic hydroxyl groups excluding tert-OH is 3. The van der Waals surface area contributed by atoms with E-state index in [9.17, 15) is 4.79 Å². The van der Waals surface area contributed by atoms with E-state index in [0.717, 1.165) is 12.8 Å². The average molecular weight is 332 g/mol. The molecule has 1 rings (SSSR count). The Morgan fingerprint density at radius 1 is 0.957 bits per heavy atom. The van der Waals surface area contributed by atoms with E-state index in [1.54, 1.807) is 13.8 Å². The van der Waals surface area contributed by atoms with Crippen molar-refractivity contribution in [1.29, 1.82) is 0 Å². The minimum Gasteiger partial charge on any atom is -0.465 e. The van der Waals surface area contributed by atoms with E-state index in [1.807, 2.05) is 20.8 Å². The van der Waals surface area contributed by atoms with Gasteiger partial charge in [-0.1, -0.05) is 40.0 Å². The van der Waals surface area contributed by atoms with Crippen molar-refractivity contribution in [3.63, 3.8) is 0 Å². The molecule has 0 heterocycles. The molecule has 0 bridgehead atoms. The normalized spacial score (nSPS) is 17.9. The number of carbonyl (C=O) groups excluding carboxylic acids is 1. The molecule has 138 valence electrons. The van der Waals surface area contributed by atoms with Crippen LogP contribution in [0.4, 0.5) is 0 Å². The van der Waals surface area contributed by atoms with Gasteiger partial charge in [-0.05, 0) is 32.1 Å². The molecule has 1 aliphatic rings. The zero-order valence-electron chi connectivity index (χ0n) is 15.5. The van der Waals surface area contributed by atoms with Crippen molar-refractivity contribution in [2.75, 3.05) is 26.4 Å². The van der Waals surface area contributed by atoms with Gasteiger partial charge in [0.15, 0.2) is 0 Å². The molecule has 0 aromatic carbocycles. The maximum Gasteiger partial charge on any atom is 0.313 e. The van der Waals surface area contributed by atoms with Crippen LogP contribution in [0.25, 0.3) is 0 Å². The number of aliphatic hydroxyl groups is 3. The van der Waals surface area contributed by atoms with Gasteiger partial charge < -0.3 is 20.1 Å². The molecule has 0 aromatic heterocycles. The summed E-state index contributed by atoms with van der Waals surface area (Å²) < 4.78 is 5.06. The molecule has 0 saturated heterocycles. The summed E-state index contributed by atoms with van der Waals surface area (Å²) in [4.78, 5) is 11.4. The number of hydrogen-bond acceptors (Lipinski definition) is 5. The smallest absolute Gasteiger partial charge is 0.313 e. The second-order valence-electron chi connectivity index (χ2n) is 8.56. The molecule has 5 heteroatoms. The Morgan fingerprint density at radius 3 is 1.74 bits per heavy atom. The lowest BCUT2D eigenvalue weighted by Crippen LogP contribution is -2.32. The lowest BCUT2D eigenvalue weighted by molar-refractivity contribution is -0.158. The third kappa shape index (κ3) is 8.68. The van der Waals surface area contributed by atoms with Crippen LogP contribution in [-0.2, 0) is 9.53 Å². The minimum atomic E-state index is -0.786. The lowest BCUT2D eigenvalue weighted by atomic mass is 9.75. The van der Waals surface area contributed by atoms with E-state index >= 15 is 0 Å². The van der Waals surface area contributed by atoms with Crippen molar-refractivity contribution < 1.29 is 24.9 Å². The van der Waals surface area contributed by atoms with E-state index in [1.165, 1.54) is 19.3 Å². The highest BCUT2D eigenvalue weighted by Gasteiger charge is 2.30. The maximum atomic E-state index is 11.4. The monoisotopic (exact) mass is 332 g/mol. The molecule has 0 amide bonds. The second kappa shape index (κ2) is 9.60. The average Bonchev–Trinajstić information content (AvgIpc) is 2.53. The fraction of sp³-hybridized carbons (Fsp3) is 0.944. The number of hydrogen-bond donors (Lipinski definition) is 3. The van der Waals surface area contributed by atoms with E-state index < -0.39 is 5.41 Å². The van der Waals surface area contributed by atoms with Crippen molar-refractivity contribution in [2.24, 2.45) is 16.2 Å². The maximum absolute atomic E-state index is 11.4. The van der Waals surface area contributed by atoms with Crippen molar-refractivity contribution in [1.82, 2.24) is 0 Å². The summed E-state index contributed by atoms with van der Waals surface area (Å²) in [5.41, 5.74) is -0.940. The van der Waals surface area contributed by atoms with Crippen LogP contribution < -0.4 is 0 Å². The highest BCUT2D eigenvalue weighted by Crippen LogP contribution is 2.34. The van der Waals surface area contributed by atoms with Gasteiger partial charge in [-0.3, -0.25) is 4.79 Å². The summed E-state index contributed by atoms with van der Waals surface area (Å²) in [6.07, 6.45) is 5.60. The van der Waals surface area contributed by atoms with Crippen molar-refractivity contribution in [2.45, 2.75) is 66.7 Å². The molecule has 1 fully saturated rings. The Bertz CT molecular complexity index is 332. The van der Waals surface area contributed by atoms with E-state index in [4.69, 9.17) is 20.1 Å². The predicted molar refractivity (Wildman–Crippen MR) is 91.0 cm³/mol. The zero-order valence-corrected chi connectivity index (χ0v) is 15.5. The Kier molecular flexibility index (Phi) is 9.33. The van der Waals surface area contributed by atoms with Gasteiger partial charge in [-0.15, -0.1) is 0 Å². The van der Waals surface area contributed by atoms with Crippen molar-refractivity contribution in [3.05, 3.63) is 0 Å². The Labute approximate surface area is 141 Å². The van der Waals surface area contributed by atoms with Crippen LogP contribution in [-0.4, -0.2) is 47.7 Å².